The Morgan fingerprint density at radius 3 is 2.04 bits per heavy atom. The molecule has 148 valence electrons. The summed E-state index contributed by atoms with van der Waals surface area (Å²) in [5.41, 5.74) is 1.88. The van der Waals surface area contributed by atoms with Gasteiger partial charge in [-0.2, -0.15) is 0 Å². The zero-order chi connectivity index (χ0) is 20.1. The maximum atomic E-state index is 12.9. The molecular weight excluding hydrogens is 360 g/mol. The number of amides is 1. The predicted molar refractivity (Wildman–Crippen MR) is 105 cm³/mol. The molecule has 7 heteroatoms. The van der Waals surface area contributed by atoms with Gasteiger partial charge in [0, 0.05) is 37.8 Å². The van der Waals surface area contributed by atoms with Gasteiger partial charge in [0.1, 0.15) is 11.5 Å². The number of carbonyl (C=O) groups excluding carboxylic acids is 2. The zero-order valence-electron chi connectivity index (χ0n) is 16.3. The molecule has 0 saturated carbocycles. The first-order valence-corrected chi connectivity index (χ1v) is 9.02. The maximum Gasteiger partial charge on any atom is 0.339 e. The summed E-state index contributed by atoms with van der Waals surface area (Å²) in [4.78, 5) is 28.8. The van der Waals surface area contributed by atoms with E-state index < -0.39 is 0 Å². The normalized spacial score (nSPS) is 13.8. The van der Waals surface area contributed by atoms with Gasteiger partial charge >= 0.3 is 5.97 Å². The van der Waals surface area contributed by atoms with Crippen LogP contribution in [0.4, 0.5) is 5.69 Å². The highest BCUT2D eigenvalue weighted by atomic mass is 16.5. The van der Waals surface area contributed by atoms with Crippen molar-refractivity contribution >= 4 is 17.6 Å². The van der Waals surface area contributed by atoms with E-state index in [0.29, 0.717) is 48.8 Å². The average Bonchev–Trinajstić information content (AvgIpc) is 2.77. The summed E-state index contributed by atoms with van der Waals surface area (Å²) < 4.78 is 15.4. The smallest absolute Gasteiger partial charge is 0.339 e. The van der Waals surface area contributed by atoms with Crippen LogP contribution in [0.5, 0.6) is 11.5 Å². The van der Waals surface area contributed by atoms with Crippen LogP contribution in [-0.2, 0) is 4.74 Å². The molecule has 1 aliphatic heterocycles. The summed E-state index contributed by atoms with van der Waals surface area (Å²) in [6.45, 7) is 2.35. The van der Waals surface area contributed by atoms with Crippen molar-refractivity contribution in [3.63, 3.8) is 0 Å². The minimum atomic E-state index is -0.363. The molecule has 1 fully saturated rings. The Kier molecular flexibility index (Phi) is 6.03. The largest absolute Gasteiger partial charge is 0.497 e. The van der Waals surface area contributed by atoms with Gasteiger partial charge in [-0.15, -0.1) is 0 Å². The second kappa shape index (κ2) is 8.65. The van der Waals surface area contributed by atoms with Crippen molar-refractivity contribution in [2.45, 2.75) is 0 Å². The second-order valence-corrected chi connectivity index (χ2v) is 6.39. The van der Waals surface area contributed by atoms with E-state index in [2.05, 4.69) is 4.90 Å². The van der Waals surface area contributed by atoms with Crippen LogP contribution in [0.3, 0.4) is 0 Å². The number of hydrogen-bond donors (Lipinski definition) is 0. The Hall–Kier alpha value is -3.22. The zero-order valence-corrected chi connectivity index (χ0v) is 16.3. The lowest BCUT2D eigenvalue weighted by Crippen LogP contribution is -2.49. The van der Waals surface area contributed by atoms with Gasteiger partial charge in [0.15, 0.2) is 0 Å². The molecule has 0 atom stereocenters. The van der Waals surface area contributed by atoms with Crippen LogP contribution in [0, 0.1) is 0 Å². The molecule has 0 spiro atoms. The molecule has 2 aromatic carbocycles. The van der Waals surface area contributed by atoms with Crippen LogP contribution < -0.4 is 14.4 Å². The number of methoxy groups -OCH3 is 3. The molecule has 0 unspecified atom stereocenters. The number of ether oxygens (including phenoxy) is 3. The lowest BCUT2D eigenvalue weighted by molar-refractivity contribution is 0.0600. The maximum absolute atomic E-state index is 12.9. The fourth-order valence-electron chi connectivity index (χ4n) is 3.30. The van der Waals surface area contributed by atoms with Crippen LogP contribution in [0.15, 0.2) is 42.5 Å². The van der Waals surface area contributed by atoms with E-state index in [-0.39, 0.29) is 11.9 Å². The summed E-state index contributed by atoms with van der Waals surface area (Å²) in [6, 6.07) is 12.5. The molecule has 3 rings (SSSR count). The molecule has 0 aromatic heterocycles. The van der Waals surface area contributed by atoms with Gasteiger partial charge in [0.2, 0.25) is 0 Å². The fourth-order valence-corrected chi connectivity index (χ4v) is 3.30. The monoisotopic (exact) mass is 384 g/mol. The number of esters is 1. The molecular formula is C21H24N2O5. The third-order valence-electron chi connectivity index (χ3n) is 4.82. The second-order valence-electron chi connectivity index (χ2n) is 6.39. The summed E-state index contributed by atoms with van der Waals surface area (Å²) >= 11 is 0. The Labute approximate surface area is 164 Å². The lowest BCUT2D eigenvalue weighted by atomic mass is 10.1. The van der Waals surface area contributed by atoms with E-state index >= 15 is 0 Å². The Balaban J connectivity index is 1.73. The van der Waals surface area contributed by atoms with Crippen LogP contribution in [-0.4, -0.2) is 64.3 Å². The topological polar surface area (TPSA) is 68.3 Å². The number of anilines is 1. The first kappa shape index (κ1) is 19.5. The summed E-state index contributed by atoms with van der Waals surface area (Å²) in [5.74, 6) is 0.720. The van der Waals surface area contributed by atoms with Crippen molar-refractivity contribution in [1.29, 1.82) is 0 Å². The minimum Gasteiger partial charge on any atom is -0.497 e. The van der Waals surface area contributed by atoms with Crippen molar-refractivity contribution in [2.75, 3.05) is 52.4 Å². The van der Waals surface area contributed by atoms with Crippen LogP contribution in [0.1, 0.15) is 20.7 Å². The van der Waals surface area contributed by atoms with Gasteiger partial charge in [-0.1, -0.05) is 12.1 Å². The van der Waals surface area contributed by atoms with Gasteiger partial charge in [-0.05, 0) is 24.3 Å². The molecule has 1 saturated heterocycles. The first-order chi connectivity index (χ1) is 13.6. The number of nitrogens with zero attached hydrogens (tertiary/aromatic N) is 2. The molecule has 28 heavy (non-hydrogen) atoms. The highest BCUT2D eigenvalue weighted by Gasteiger charge is 2.25. The number of carbonyl (C=O) groups is 2. The average molecular weight is 384 g/mol. The minimum absolute atomic E-state index is 0.0712. The summed E-state index contributed by atoms with van der Waals surface area (Å²) in [7, 11) is 4.49. The number of rotatable bonds is 5. The van der Waals surface area contributed by atoms with Gasteiger partial charge in [0.25, 0.3) is 5.91 Å². The SMILES string of the molecule is COC(=O)c1ccccc1N1CCN(C(=O)c2cc(OC)cc(OC)c2)CC1. The molecule has 2 aromatic rings. The van der Waals surface area contributed by atoms with Crippen LogP contribution in [0.25, 0.3) is 0 Å². The number of hydrogen-bond acceptors (Lipinski definition) is 6. The van der Waals surface area contributed by atoms with Crippen LogP contribution >= 0.6 is 0 Å². The van der Waals surface area contributed by atoms with E-state index in [1.165, 1.54) is 7.11 Å². The van der Waals surface area contributed by atoms with Gasteiger partial charge in [0.05, 0.1) is 32.6 Å². The highest BCUT2D eigenvalue weighted by molar-refractivity contribution is 5.96. The highest BCUT2D eigenvalue weighted by Crippen LogP contribution is 2.25. The molecule has 7 nitrogen and oxygen atoms in total. The van der Waals surface area contributed by atoms with Crippen molar-refractivity contribution in [3.8, 4) is 11.5 Å². The van der Waals surface area contributed by atoms with Gasteiger partial charge in [-0.25, -0.2) is 4.79 Å². The van der Waals surface area contributed by atoms with E-state index in [9.17, 15) is 9.59 Å². The van der Waals surface area contributed by atoms with E-state index in [1.807, 2.05) is 18.2 Å². The molecule has 0 bridgehead atoms. The number of benzene rings is 2. The standard InChI is InChI=1S/C21H24N2O5/c1-26-16-12-15(13-17(14-16)27-2)20(24)23-10-8-22(9-11-23)19-7-5-4-6-18(19)21(25)28-3/h4-7,12-14H,8-11H2,1-3H3. The first-order valence-electron chi connectivity index (χ1n) is 9.02. The summed E-state index contributed by atoms with van der Waals surface area (Å²) in [6.07, 6.45) is 0. The van der Waals surface area contributed by atoms with Gasteiger partial charge < -0.3 is 24.0 Å². The molecule has 1 heterocycles. The summed E-state index contributed by atoms with van der Waals surface area (Å²) in [5, 5.41) is 0. The Morgan fingerprint density at radius 1 is 0.857 bits per heavy atom. The van der Waals surface area contributed by atoms with Gasteiger partial charge in [-0.3, -0.25) is 4.79 Å². The van der Waals surface area contributed by atoms with Crippen molar-refractivity contribution in [2.24, 2.45) is 0 Å². The molecule has 1 amide bonds. The fraction of sp³-hybridized carbons (Fsp3) is 0.333. The number of para-hydroxylation sites is 1. The van der Waals surface area contributed by atoms with Crippen LogP contribution in [0.2, 0.25) is 0 Å². The molecule has 0 aliphatic carbocycles. The predicted octanol–water partition coefficient (Wildman–Crippen LogP) is 2.45. The van der Waals surface area contributed by atoms with Crippen molar-refractivity contribution in [1.82, 2.24) is 4.90 Å². The van der Waals surface area contributed by atoms with E-state index in [4.69, 9.17) is 14.2 Å². The molecule has 0 radical (unpaired) electrons. The van der Waals surface area contributed by atoms with Crippen molar-refractivity contribution < 1.29 is 23.8 Å². The third-order valence-corrected chi connectivity index (χ3v) is 4.82. The molecule has 1 aliphatic rings. The third kappa shape index (κ3) is 4.03. The Bertz CT molecular complexity index is 837. The quantitative estimate of drug-likeness (QED) is 0.738. The lowest BCUT2D eigenvalue weighted by Gasteiger charge is -2.36. The van der Waals surface area contributed by atoms with E-state index in [0.717, 1.165) is 5.69 Å². The van der Waals surface area contributed by atoms with Crippen molar-refractivity contribution in [3.05, 3.63) is 53.6 Å². The molecule has 0 N–H and O–H groups in total. The Morgan fingerprint density at radius 2 is 1.46 bits per heavy atom. The number of piperazine rings is 1. The van der Waals surface area contributed by atoms with E-state index in [1.54, 1.807) is 43.4 Å².